The van der Waals surface area contributed by atoms with E-state index in [1.807, 2.05) is 24.3 Å². The van der Waals surface area contributed by atoms with Gasteiger partial charge >= 0.3 is 0 Å². The number of aryl methyl sites for hydroxylation is 1. The number of hydrogen-bond donors (Lipinski definition) is 1. The molecule has 2 aromatic rings. The minimum Gasteiger partial charge on any atom is -0.384 e. The van der Waals surface area contributed by atoms with Crippen LogP contribution in [0.3, 0.4) is 0 Å². The lowest BCUT2D eigenvalue weighted by atomic mass is 10.1. The predicted molar refractivity (Wildman–Crippen MR) is 87.5 cm³/mol. The largest absolute Gasteiger partial charge is 0.384 e. The van der Waals surface area contributed by atoms with Gasteiger partial charge in [0.1, 0.15) is 0 Å². The summed E-state index contributed by atoms with van der Waals surface area (Å²) in [4.78, 5) is 2.32. The summed E-state index contributed by atoms with van der Waals surface area (Å²) in [6, 6.07) is 16.4. The van der Waals surface area contributed by atoms with Crippen LogP contribution in [0.5, 0.6) is 0 Å². The van der Waals surface area contributed by atoms with Crippen LogP contribution in [0.1, 0.15) is 11.1 Å². The average molecular weight is 289 g/mol. The van der Waals surface area contributed by atoms with Crippen LogP contribution in [0, 0.1) is 6.92 Å². The van der Waals surface area contributed by atoms with Crippen LogP contribution in [-0.4, -0.2) is 25.0 Å². The standard InChI is InChI=1S/C17H21ClN2/c1-14-5-3-4-6-15(14)13-20(2)12-11-19-17-9-7-16(18)8-10-17/h3-10,19H,11-13H2,1-2H3. The van der Waals surface area contributed by atoms with Crippen LogP contribution in [0.25, 0.3) is 0 Å². The summed E-state index contributed by atoms with van der Waals surface area (Å²) in [5.41, 5.74) is 3.85. The van der Waals surface area contributed by atoms with Gasteiger partial charge < -0.3 is 10.2 Å². The van der Waals surface area contributed by atoms with Gasteiger partial charge in [0.2, 0.25) is 0 Å². The van der Waals surface area contributed by atoms with E-state index in [2.05, 4.69) is 48.5 Å². The van der Waals surface area contributed by atoms with E-state index in [1.54, 1.807) is 0 Å². The fourth-order valence-electron chi connectivity index (χ4n) is 2.12. The van der Waals surface area contributed by atoms with E-state index < -0.39 is 0 Å². The molecule has 0 heterocycles. The van der Waals surface area contributed by atoms with E-state index in [1.165, 1.54) is 11.1 Å². The number of nitrogens with zero attached hydrogens (tertiary/aromatic N) is 1. The Kier molecular flexibility index (Phi) is 5.45. The van der Waals surface area contributed by atoms with Crippen molar-refractivity contribution in [2.45, 2.75) is 13.5 Å². The molecule has 1 N–H and O–H groups in total. The van der Waals surface area contributed by atoms with Crippen LogP contribution in [0.4, 0.5) is 5.69 Å². The Hall–Kier alpha value is -1.51. The molecule has 2 aromatic carbocycles. The Morgan fingerprint density at radius 3 is 2.45 bits per heavy atom. The van der Waals surface area contributed by atoms with Gasteiger partial charge in [-0.1, -0.05) is 35.9 Å². The molecule has 0 amide bonds. The van der Waals surface area contributed by atoms with E-state index in [9.17, 15) is 0 Å². The third-order valence-corrected chi connectivity index (χ3v) is 3.62. The summed E-state index contributed by atoms with van der Waals surface area (Å²) in [7, 11) is 2.15. The van der Waals surface area contributed by atoms with E-state index in [-0.39, 0.29) is 0 Å². The second kappa shape index (κ2) is 7.32. The highest BCUT2D eigenvalue weighted by atomic mass is 35.5. The molecule has 0 unspecified atom stereocenters. The minimum atomic E-state index is 0.771. The van der Waals surface area contributed by atoms with Gasteiger partial charge in [-0.3, -0.25) is 0 Å². The Bertz CT molecular complexity index is 537. The zero-order chi connectivity index (χ0) is 14.4. The van der Waals surface area contributed by atoms with Crippen molar-refractivity contribution in [1.82, 2.24) is 4.90 Å². The van der Waals surface area contributed by atoms with Gasteiger partial charge in [0, 0.05) is 30.3 Å². The molecule has 0 radical (unpaired) electrons. The number of likely N-dealkylation sites (N-methyl/N-ethyl adjacent to an activating group) is 1. The highest BCUT2D eigenvalue weighted by Gasteiger charge is 2.02. The normalized spacial score (nSPS) is 10.8. The third-order valence-electron chi connectivity index (χ3n) is 3.37. The topological polar surface area (TPSA) is 15.3 Å². The molecule has 0 saturated carbocycles. The van der Waals surface area contributed by atoms with Crippen molar-refractivity contribution < 1.29 is 0 Å². The van der Waals surface area contributed by atoms with E-state index in [0.717, 1.165) is 30.3 Å². The fourth-order valence-corrected chi connectivity index (χ4v) is 2.24. The molecule has 2 nitrogen and oxygen atoms in total. The first-order valence-electron chi connectivity index (χ1n) is 6.87. The second-order valence-electron chi connectivity index (χ2n) is 5.10. The predicted octanol–water partition coefficient (Wildman–Crippen LogP) is 4.19. The van der Waals surface area contributed by atoms with Crippen LogP contribution < -0.4 is 5.32 Å². The number of nitrogens with one attached hydrogen (secondary N) is 1. The van der Waals surface area contributed by atoms with Crippen molar-refractivity contribution in [2.75, 3.05) is 25.5 Å². The first-order chi connectivity index (χ1) is 9.65. The van der Waals surface area contributed by atoms with E-state index in [0.29, 0.717) is 0 Å². The first kappa shape index (κ1) is 14.9. The lowest BCUT2D eigenvalue weighted by Crippen LogP contribution is -2.25. The molecule has 0 spiro atoms. The summed E-state index contributed by atoms with van der Waals surface area (Å²) in [6.45, 7) is 5.06. The van der Waals surface area contributed by atoms with E-state index in [4.69, 9.17) is 11.6 Å². The fraction of sp³-hybridized carbons (Fsp3) is 0.294. The smallest absolute Gasteiger partial charge is 0.0407 e. The molecule has 0 aliphatic carbocycles. The summed E-state index contributed by atoms with van der Waals surface area (Å²) in [6.07, 6.45) is 0. The zero-order valence-corrected chi connectivity index (χ0v) is 12.8. The van der Waals surface area contributed by atoms with Crippen molar-refractivity contribution in [2.24, 2.45) is 0 Å². The molecular weight excluding hydrogens is 268 g/mol. The second-order valence-corrected chi connectivity index (χ2v) is 5.53. The number of halogens is 1. The maximum atomic E-state index is 5.87. The molecule has 0 atom stereocenters. The van der Waals surface area contributed by atoms with Gasteiger partial charge in [-0.2, -0.15) is 0 Å². The zero-order valence-electron chi connectivity index (χ0n) is 12.1. The van der Waals surface area contributed by atoms with Gasteiger partial charge in [0.25, 0.3) is 0 Å². The van der Waals surface area contributed by atoms with Gasteiger partial charge in [-0.05, 0) is 49.4 Å². The van der Waals surface area contributed by atoms with E-state index >= 15 is 0 Å². The third kappa shape index (κ3) is 4.55. The number of benzene rings is 2. The lowest BCUT2D eigenvalue weighted by Gasteiger charge is -2.18. The number of anilines is 1. The van der Waals surface area contributed by atoms with Crippen molar-refractivity contribution in [3.63, 3.8) is 0 Å². The Balaban J connectivity index is 1.76. The lowest BCUT2D eigenvalue weighted by molar-refractivity contribution is 0.339. The summed E-state index contributed by atoms with van der Waals surface area (Å²) in [5.74, 6) is 0. The molecule has 0 saturated heterocycles. The number of hydrogen-bond acceptors (Lipinski definition) is 2. The van der Waals surface area contributed by atoms with Crippen LogP contribution >= 0.6 is 11.6 Å². The summed E-state index contributed by atoms with van der Waals surface area (Å²) < 4.78 is 0. The Morgan fingerprint density at radius 2 is 1.75 bits per heavy atom. The molecule has 0 aromatic heterocycles. The van der Waals surface area contributed by atoms with Crippen LogP contribution in [0.15, 0.2) is 48.5 Å². The van der Waals surface area contributed by atoms with Crippen molar-refractivity contribution in [1.29, 1.82) is 0 Å². The quantitative estimate of drug-likeness (QED) is 0.857. The van der Waals surface area contributed by atoms with Crippen LogP contribution in [0.2, 0.25) is 5.02 Å². The molecule has 2 rings (SSSR count). The highest BCUT2D eigenvalue weighted by Crippen LogP contribution is 2.13. The van der Waals surface area contributed by atoms with Gasteiger partial charge in [0.15, 0.2) is 0 Å². The number of rotatable bonds is 6. The molecule has 3 heteroatoms. The monoisotopic (exact) mass is 288 g/mol. The molecule has 0 bridgehead atoms. The Morgan fingerprint density at radius 1 is 1.05 bits per heavy atom. The molecular formula is C17H21ClN2. The summed E-state index contributed by atoms with van der Waals surface area (Å²) >= 11 is 5.87. The van der Waals surface area contributed by atoms with Gasteiger partial charge in [-0.15, -0.1) is 0 Å². The Labute approximate surface area is 126 Å². The minimum absolute atomic E-state index is 0.771. The van der Waals surface area contributed by atoms with Crippen molar-refractivity contribution in [3.8, 4) is 0 Å². The summed E-state index contributed by atoms with van der Waals surface area (Å²) in [5, 5.41) is 4.17. The van der Waals surface area contributed by atoms with Gasteiger partial charge in [0.05, 0.1) is 0 Å². The highest BCUT2D eigenvalue weighted by molar-refractivity contribution is 6.30. The molecule has 0 aliphatic rings. The molecule has 0 aliphatic heterocycles. The van der Waals surface area contributed by atoms with Crippen molar-refractivity contribution >= 4 is 17.3 Å². The SMILES string of the molecule is Cc1ccccc1CN(C)CCNc1ccc(Cl)cc1. The van der Waals surface area contributed by atoms with Gasteiger partial charge in [-0.25, -0.2) is 0 Å². The average Bonchev–Trinajstić information content (AvgIpc) is 2.44. The first-order valence-corrected chi connectivity index (χ1v) is 7.25. The molecule has 106 valence electrons. The molecule has 0 fully saturated rings. The van der Waals surface area contributed by atoms with Crippen LogP contribution in [-0.2, 0) is 6.54 Å². The van der Waals surface area contributed by atoms with Crippen molar-refractivity contribution in [3.05, 3.63) is 64.7 Å². The maximum Gasteiger partial charge on any atom is 0.0407 e. The molecule has 20 heavy (non-hydrogen) atoms. The maximum absolute atomic E-state index is 5.87.